The van der Waals surface area contributed by atoms with Crippen molar-refractivity contribution in [3.8, 4) is 0 Å². The van der Waals surface area contributed by atoms with Crippen LogP contribution in [0.5, 0.6) is 0 Å². The number of hydrogen-bond donors (Lipinski definition) is 1. The van der Waals surface area contributed by atoms with E-state index >= 15 is 0 Å². The fraction of sp³-hybridized carbons (Fsp3) is 0.600. The highest BCUT2D eigenvalue weighted by Crippen LogP contribution is 2.31. The second-order valence-corrected chi connectivity index (χ2v) is 5.47. The number of hydrogen-bond acceptors (Lipinski definition) is 4. The third-order valence-corrected chi connectivity index (χ3v) is 3.97. The molecule has 20 heavy (non-hydrogen) atoms. The van der Waals surface area contributed by atoms with Crippen LogP contribution in [0.3, 0.4) is 0 Å². The van der Waals surface area contributed by atoms with Gasteiger partial charge in [-0.25, -0.2) is 0 Å². The molecule has 0 amide bonds. The van der Waals surface area contributed by atoms with Crippen molar-refractivity contribution in [1.82, 2.24) is 0 Å². The van der Waals surface area contributed by atoms with Crippen LogP contribution < -0.4 is 10.2 Å². The lowest BCUT2D eigenvalue weighted by atomic mass is 10.1. The second-order valence-electron chi connectivity index (χ2n) is 5.47. The first-order valence-corrected chi connectivity index (χ1v) is 7.38. The van der Waals surface area contributed by atoms with Crippen LogP contribution in [-0.4, -0.2) is 24.6 Å². The molecule has 0 heterocycles. The van der Waals surface area contributed by atoms with Gasteiger partial charge < -0.3 is 10.2 Å². The van der Waals surface area contributed by atoms with E-state index < -0.39 is 0 Å². The smallest absolute Gasteiger partial charge is 0.273 e. The average Bonchev–Trinajstić information content (AvgIpc) is 2.98. The van der Waals surface area contributed by atoms with E-state index in [4.69, 9.17) is 0 Å². The Kier molecular flexibility index (Phi) is 4.82. The van der Waals surface area contributed by atoms with E-state index in [-0.39, 0.29) is 10.6 Å². The predicted molar refractivity (Wildman–Crippen MR) is 82.5 cm³/mol. The Morgan fingerprint density at radius 2 is 2.05 bits per heavy atom. The normalized spacial score (nSPS) is 15.3. The summed E-state index contributed by atoms with van der Waals surface area (Å²) in [7, 11) is 2.04. The minimum atomic E-state index is -0.316. The van der Waals surface area contributed by atoms with Gasteiger partial charge in [0.15, 0.2) is 0 Å². The quantitative estimate of drug-likeness (QED) is 0.634. The maximum atomic E-state index is 11.1. The van der Waals surface area contributed by atoms with Gasteiger partial charge in [0.1, 0.15) is 0 Å². The number of nitro benzene ring substituents is 1. The zero-order valence-corrected chi connectivity index (χ0v) is 12.3. The van der Waals surface area contributed by atoms with Crippen molar-refractivity contribution in [2.45, 2.75) is 45.1 Å². The molecule has 1 saturated carbocycles. The van der Waals surface area contributed by atoms with Crippen molar-refractivity contribution in [3.63, 3.8) is 0 Å². The van der Waals surface area contributed by atoms with Crippen molar-refractivity contribution in [1.29, 1.82) is 0 Å². The molecule has 1 fully saturated rings. The number of nitrogens with zero attached hydrogens (tertiary/aromatic N) is 2. The zero-order valence-electron chi connectivity index (χ0n) is 12.3. The molecule has 0 aliphatic heterocycles. The largest absolute Gasteiger partial charge is 0.385 e. The highest BCUT2D eigenvalue weighted by molar-refractivity contribution is 5.64. The summed E-state index contributed by atoms with van der Waals surface area (Å²) in [6.45, 7) is 2.91. The standard InChI is InChI=1S/C15H23N3O2/c1-3-8-16-12-9-14(11-15(10-12)18(19)20)17(2)13-6-4-5-7-13/h9-11,13,16H,3-8H2,1-2H3. The lowest BCUT2D eigenvalue weighted by Gasteiger charge is -2.27. The number of nitrogens with one attached hydrogen (secondary N) is 1. The molecule has 0 bridgehead atoms. The molecule has 5 nitrogen and oxygen atoms in total. The fourth-order valence-electron chi connectivity index (χ4n) is 2.78. The van der Waals surface area contributed by atoms with E-state index in [1.807, 2.05) is 13.1 Å². The Bertz CT molecular complexity index is 470. The third kappa shape index (κ3) is 3.40. The van der Waals surface area contributed by atoms with Gasteiger partial charge in [0, 0.05) is 43.1 Å². The summed E-state index contributed by atoms with van der Waals surface area (Å²) in [5.41, 5.74) is 1.93. The van der Waals surface area contributed by atoms with Crippen molar-refractivity contribution < 1.29 is 4.92 Å². The van der Waals surface area contributed by atoms with Gasteiger partial charge in [-0.05, 0) is 25.3 Å². The van der Waals surface area contributed by atoms with Crippen molar-refractivity contribution >= 4 is 17.1 Å². The van der Waals surface area contributed by atoms with Crippen LogP contribution in [0.15, 0.2) is 18.2 Å². The van der Waals surface area contributed by atoms with Crippen LogP contribution in [0.25, 0.3) is 0 Å². The summed E-state index contributed by atoms with van der Waals surface area (Å²) < 4.78 is 0. The van der Waals surface area contributed by atoms with Gasteiger partial charge in [-0.1, -0.05) is 19.8 Å². The molecule has 1 N–H and O–H groups in total. The predicted octanol–water partition coefficient (Wildman–Crippen LogP) is 3.80. The zero-order chi connectivity index (χ0) is 14.5. The topological polar surface area (TPSA) is 58.4 Å². The first-order chi connectivity index (χ1) is 9.61. The maximum Gasteiger partial charge on any atom is 0.273 e. The molecule has 110 valence electrons. The molecule has 0 unspecified atom stereocenters. The molecule has 0 radical (unpaired) electrons. The van der Waals surface area contributed by atoms with Crippen LogP contribution in [0.2, 0.25) is 0 Å². The number of non-ortho nitro benzene ring substituents is 1. The minimum absolute atomic E-state index is 0.158. The number of rotatable bonds is 6. The number of anilines is 2. The minimum Gasteiger partial charge on any atom is -0.385 e. The molecule has 0 spiro atoms. The summed E-state index contributed by atoms with van der Waals surface area (Å²) in [5, 5.41) is 14.3. The molecule has 5 heteroatoms. The Hall–Kier alpha value is -1.78. The molecule has 1 aromatic rings. The van der Waals surface area contributed by atoms with Crippen molar-refractivity contribution in [2.75, 3.05) is 23.8 Å². The Labute approximate surface area is 120 Å². The highest BCUT2D eigenvalue weighted by atomic mass is 16.6. The molecule has 0 saturated heterocycles. The summed E-state index contributed by atoms with van der Waals surface area (Å²) in [5.74, 6) is 0. The monoisotopic (exact) mass is 277 g/mol. The molecular weight excluding hydrogens is 254 g/mol. The molecule has 1 aliphatic rings. The fourth-order valence-corrected chi connectivity index (χ4v) is 2.78. The van der Waals surface area contributed by atoms with E-state index in [2.05, 4.69) is 17.1 Å². The maximum absolute atomic E-state index is 11.1. The molecule has 0 atom stereocenters. The van der Waals surface area contributed by atoms with Gasteiger partial charge in [-0.3, -0.25) is 10.1 Å². The van der Waals surface area contributed by atoms with Gasteiger partial charge in [0.25, 0.3) is 5.69 Å². The van der Waals surface area contributed by atoms with Gasteiger partial charge >= 0.3 is 0 Å². The number of nitro groups is 1. The van der Waals surface area contributed by atoms with E-state index in [0.717, 1.165) is 24.3 Å². The summed E-state index contributed by atoms with van der Waals surface area (Å²) in [4.78, 5) is 13.0. The van der Waals surface area contributed by atoms with E-state index in [1.54, 1.807) is 12.1 Å². The SMILES string of the molecule is CCCNc1cc(N(C)C2CCCC2)cc([N+](=O)[O-])c1. The summed E-state index contributed by atoms with van der Waals surface area (Å²) >= 11 is 0. The van der Waals surface area contributed by atoms with Crippen LogP contribution in [0.4, 0.5) is 17.1 Å². The average molecular weight is 277 g/mol. The Balaban J connectivity index is 2.25. The highest BCUT2D eigenvalue weighted by Gasteiger charge is 2.21. The van der Waals surface area contributed by atoms with E-state index in [0.29, 0.717) is 6.04 Å². The summed E-state index contributed by atoms with van der Waals surface area (Å²) in [6.07, 6.45) is 5.86. The Morgan fingerprint density at radius 3 is 2.65 bits per heavy atom. The lowest BCUT2D eigenvalue weighted by molar-refractivity contribution is -0.384. The van der Waals surface area contributed by atoms with Crippen LogP contribution >= 0.6 is 0 Å². The molecule has 0 aromatic heterocycles. The number of benzene rings is 1. The first kappa shape index (κ1) is 14.6. The van der Waals surface area contributed by atoms with Gasteiger partial charge in [0.05, 0.1) is 4.92 Å². The van der Waals surface area contributed by atoms with E-state index in [1.165, 1.54) is 25.7 Å². The molecule has 1 aliphatic carbocycles. The van der Waals surface area contributed by atoms with Crippen molar-refractivity contribution in [2.24, 2.45) is 0 Å². The van der Waals surface area contributed by atoms with Crippen molar-refractivity contribution in [3.05, 3.63) is 28.3 Å². The van der Waals surface area contributed by atoms with Gasteiger partial charge in [-0.15, -0.1) is 0 Å². The first-order valence-electron chi connectivity index (χ1n) is 7.38. The van der Waals surface area contributed by atoms with E-state index in [9.17, 15) is 10.1 Å². The lowest BCUT2D eigenvalue weighted by Crippen LogP contribution is -2.28. The Morgan fingerprint density at radius 1 is 1.35 bits per heavy atom. The second kappa shape index (κ2) is 6.59. The molecule has 2 rings (SSSR count). The summed E-state index contributed by atoms with van der Waals surface area (Å²) in [6, 6.07) is 5.81. The van der Waals surface area contributed by atoms with Gasteiger partial charge in [-0.2, -0.15) is 0 Å². The molecular formula is C15H23N3O2. The molecule has 1 aromatic carbocycles. The van der Waals surface area contributed by atoms with Crippen LogP contribution in [-0.2, 0) is 0 Å². The van der Waals surface area contributed by atoms with Gasteiger partial charge in [0.2, 0.25) is 0 Å². The van der Waals surface area contributed by atoms with Crippen LogP contribution in [0.1, 0.15) is 39.0 Å². The van der Waals surface area contributed by atoms with Crippen LogP contribution in [0, 0.1) is 10.1 Å². The third-order valence-electron chi connectivity index (χ3n) is 3.97.